The first-order chi connectivity index (χ1) is 13.5. The van der Waals surface area contributed by atoms with Crippen molar-refractivity contribution in [2.75, 3.05) is 5.32 Å². The maximum absolute atomic E-state index is 13.1. The molecule has 1 N–H and O–H groups in total. The predicted molar refractivity (Wildman–Crippen MR) is 111 cm³/mol. The summed E-state index contributed by atoms with van der Waals surface area (Å²) in [6.07, 6.45) is 6.78. The number of aryl methyl sites for hydroxylation is 2. The molecule has 0 aliphatic heterocycles. The minimum Gasteiger partial charge on any atom is -0.487 e. The molecule has 1 aliphatic carbocycles. The molecule has 5 nitrogen and oxygen atoms in total. The van der Waals surface area contributed by atoms with E-state index in [0.717, 1.165) is 42.4 Å². The molecule has 0 spiro atoms. The van der Waals surface area contributed by atoms with Gasteiger partial charge in [-0.05, 0) is 45.2 Å². The van der Waals surface area contributed by atoms with Crippen LogP contribution in [0.2, 0.25) is 10.0 Å². The number of pyridine rings is 1. The number of carbonyl (C=O) groups excluding carboxylic acids is 1. The van der Waals surface area contributed by atoms with Crippen LogP contribution in [0.25, 0.3) is 11.0 Å². The zero-order valence-corrected chi connectivity index (χ0v) is 17.2. The largest absolute Gasteiger partial charge is 0.487 e. The Labute approximate surface area is 173 Å². The van der Waals surface area contributed by atoms with Crippen molar-refractivity contribution in [3.05, 3.63) is 51.5 Å². The molecule has 1 aromatic carbocycles. The van der Waals surface area contributed by atoms with Crippen LogP contribution >= 0.6 is 23.2 Å². The van der Waals surface area contributed by atoms with Crippen molar-refractivity contribution in [1.82, 2.24) is 4.98 Å². The summed E-state index contributed by atoms with van der Waals surface area (Å²) in [7, 11) is 0. The number of rotatable bonds is 4. The highest BCUT2D eigenvalue weighted by molar-refractivity contribution is 6.39. The number of hydrogen-bond acceptors (Lipinski definition) is 4. The van der Waals surface area contributed by atoms with E-state index < -0.39 is 0 Å². The van der Waals surface area contributed by atoms with E-state index >= 15 is 0 Å². The Kier molecular flexibility index (Phi) is 5.21. The minimum atomic E-state index is -0.301. The van der Waals surface area contributed by atoms with E-state index in [4.69, 9.17) is 32.4 Å². The van der Waals surface area contributed by atoms with Crippen molar-refractivity contribution < 1.29 is 13.9 Å². The van der Waals surface area contributed by atoms with Crippen molar-refractivity contribution >= 4 is 45.8 Å². The second-order valence-corrected chi connectivity index (χ2v) is 7.94. The number of halogens is 2. The molecule has 4 rings (SSSR count). The molecule has 1 aliphatic rings. The molecule has 146 valence electrons. The fraction of sp³-hybridized carbons (Fsp3) is 0.333. The number of nitrogens with one attached hydrogen (secondary N) is 1. The molecule has 1 amide bonds. The van der Waals surface area contributed by atoms with Gasteiger partial charge in [0.2, 0.25) is 0 Å². The standard InChI is InChI=1S/C21H20Cl2N2O3/c1-11(2)27-17-8-7-13(18-12-5-3-4-6-16(12)28-20(17)18)21(26)25-19-14(22)9-24-10-15(19)23/h7-11H,3-6H2,1-2H3,(H,24,25,26). The predicted octanol–water partition coefficient (Wildman–Crippen LogP) is 6.05. The zero-order chi connectivity index (χ0) is 19.8. The van der Waals surface area contributed by atoms with E-state index in [9.17, 15) is 4.79 Å². The number of carbonyl (C=O) groups is 1. The van der Waals surface area contributed by atoms with Gasteiger partial charge in [0.15, 0.2) is 11.3 Å². The molecule has 0 radical (unpaired) electrons. The van der Waals surface area contributed by atoms with Gasteiger partial charge in [-0.1, -0.05) is 23.2 Å². The van der Waals surface area contributed by atoms with Gasteiger partial charge in [-0.15, -0.1) is 0 Å². The second-order valence-electron chi connectivity index (χ2n) is 7.13. The number of aromatic nitrogens is 1. The normalized spacial score (nSPS) is 13.6. The molecule has 0 bridgehead atoms. The molecule has 0 atom stereocenters. The maximum atomic E-state index is 13.1. The SMILES string of the molecule is CC(C)Oc1ccc(C(=O)Nc2c(Cl)cncc2Cl)c2c3c(oc12)CCCC3. The van der Waals surface area contributed by atoms with Crippen molar-refractivity contribution in [3.8, 4) is 5.75 Å². The van der Waals surface area contributed by atoms with Crippen LogP contribution < -0.4 is 10.1 Å². The topological polar surface area (TPSA) is 64.4 Å². The number of ether oxygens (including phenoxy) is 1. The fourth-order valence-corrected chi connectivity index (χ4v) is 4.05. The van der Waals surface area contributed by atoms with Crippen molar-refractivity contribution in [1.29, 1.82) is 0 Å². The molecule has 28 heavy (non-hydrogen) atoms. The summed E-state index contributed by atoms with van der Waals surface area (Å²) in [6, 6.07) is 3.55. The van der Waals surface area contributed by atoms with E-state index in [2.05, 4.69) is 10.3 Å². The first kappa shape index (κ1) is 19.1. The first-order valence-electron chi connectivity index (χ1n) is 9.30. The molecule has 7 heteroatoms. The lowest BCUT2D eigenvalue weighted by atomic mass is 9.93. The molecule has 3 aromatic rings. The van der Waals surface area contributed by atoms with Gasteiger partial charge in [0.1, 0.15) is 5.76 Å². The molecular weight excluding hydrogens is 399 g/mol. The van der Waals surface area contributed by atoms with Crippen LogP contribution in [0.3, 0.4) is 0 Å². The Morgan fingerprint density at radius 1 is 1.18 bits per heavy atom. The summed E-state index contributed by atoms with van der Waals surface area (Å²) < 4.78 is 12.1. The summed E-state index contributed by atoms with van der Waals surface area (Å²) >= 11 is 12.3. The molecular formula is C21H20Cl2N2O3. The molecule has 2 aromatic heterocycles. The second kappa shape index (κ2) is 7.64. The number of anilines is 1. The van der Waals surface area contributed by atoms with Crippen molar-refractivity contribution in [3.63, 3.8) is 0 Å². The summed E-state index contributed by atoms with van der Waals surface area (Å²) in [6.45, 7) is 3.92. The van der Waals surface area contributed by atoms with Gasteiger partial charge in [0, 0.05) is 29.8 Å². The number of benzene rings is 1. The molecule has 0 saturated heterocycles. The fourth-order valence-electron chi connectivity index (χ4n) is 3.59. The maximum Gasteiger partial charge on any atom is 0.256 e. The lowest BCUT2D eigenvalue weighted by Crippen LogP contribution is -2.14. The van der Waals surface area contributed by atoms with Crippen LogP contribution in [0.4, 0.5) is 5.69 Å². The van der Waals surface area contributed by atoms with Gasteiger partial charge in [-0.3, -0.25) is 9.78 Å². The average molecular weight is 419 g/mol. The smallest absolute Gasteiger partial charge is 0.256 e. The van der Waals surface area contributed by atoms with Crippen LogP contribution in [-0.2, 0) is 12.8 Å². The summed E-state index contributed by atoms with van der Waals surface area (Å²) in [5, 5.41) is 4.20. The van der Waals surface area contributed by atoms with E-state index in [1.807, 2.05) is 13.8 Å². The third-order valence-corrected chi connectivity index (χ3v) is 5.34. The van der Waals surface area contributed by atoms with Crippen molar-refractivity contribution in [2.45, 2.75) is 45.6 Å². The van der Waals surface area contributed by atoms with Crippen LogP contribution in [0.1, 0.15) is 48.4 Å². The summed E-state index contributed by atoms with van der Waals surface area (Å²) in [4.78, 5) is 17.0. The number of nitrogens with zero attached hydrogens (tertiary/aromatic N) is 1. The number of amides is 1. The Hall–Kier alpha value is -2.24. The van der Waals surface area contributed by atoms with E-state index in [0.29, 0.717) is 22.6 Å². The highest BCUT2D eigenvalue weighted by Crippen LogP contribution is 2.40. The van der Waals surface area contributed by atoms with Gasteiger partial charge in [0.05, 0.1) is 27.4 Å². The van der Waals surface area contributed by atoms with Crippen molar-refractivity contribution in [2.24, 2.45) is 0 Å². The molecule has 0 unspecified atom stereocenters. The number of fused-ring (bicyclic) bond motifs is 3. The first-order valence-corrected chi connectivity index (χ1v) is 10.1. The van der Waals surface area contributed by atoms with Crippen LogP contribution in [-0.4, -0.2) is 17.0 Å². The third-order valence-electron chi connectivity index (χ3n) is 4.77. The highest BCUT2D eigenvalue weighted by Gasteiger charge is 2.26. The van der Waals surface area contributed by atoms with E-state index in [1.54, 1.807) is 12.1 Å². The van der Waals surface area contributed by atoms with Gasteiger partial charge in [-0.2, -0.15) is 0 Å². The molecule has 0 saturated carbocycles. The van der Waals surface area contributed by atoms with Gasteiger partial charge in [0.25, 0.3) is 5.91 Å². The lowest BCUT2D eigenvalue weighted by Gasteiger charge is -2.14. The molecule has 2 heterocycles. The number of hydrogen-bond donors (Lipinski definition) is 1. The van der Waals surface area contributed by atoms with Gasteiger partial charge in [-0.25, -0.2) is 0 Å². The Balaban J connectivity index is 1.82. The van der Waals surface area contributed by atoms with Gasteiger partial charge < -0.3 is 14.5 Å². The monoisotopic (exact) mass is 418 g/mol. The minimum absolute atomic E-state index is 0.000522. The summed E-state index contributed by atoms with van der Waals surface area (Å²) in [5.41, 5.74) is 2.58. The Morgan fingerprint density at radius 3 is 2.61 bits per heavy atom. The van der Waals surface area contributed by atoms with Gasteiger partial charge >= 0.3 is 0 Å². The van der Waals surface area contributed by atoms with E-state index in [-0.39, 0.29) is 22.1 Å². The lowest BCUT2D eigenvalue weighted by molar-refractivity contribution is 0.102. The summed E-state index contributed by atoms with van der Waals surface area (Å²) in [5.74, 6) is 1.29. The average Bonchev–Trinajstić information content (AvgIpc) is 3.05. The quantitative estimate of drug-likeness (QED) is 0.559. The number of furan rings is 1. The Bertz CT molecular complexity index is 1040. The zero-order valence-electron chi connectivity index (χ0n) is 15.6. The Morgan fingerprint density at radius 2 is 1.89 bits per heavy atom. The molecule has 0 fully saturated rings. The van der Waals surface area contributed by atoms with Crippen LogP contribution in [0.5, 0.6) is 5.75 Å². The highest BCUT2D eigenvalue weighted by atomic mass is 35.5. The van der Waals surface area contributed by atoms with Crippen LogP contribution in [0.15, 0.2) is 28.9 Å². The third kappa shape index (κ3) is 3.45. The van der Waals surface area contributed by atoms with E-state index in [1.165, 1.54) is 12.4 Å². The van der Waals surface area contributed by atoms with Crippen LogP contribution in [0, 0.1) is 0 Å².